The fourth-order valence-electron chi connectivity index (χ4n) is 2.27. The average Bonchev–Trinajstić information content (AvgIpc) is 2.82. The molecule has 2 rings (SSSR count). The van der Waals surface area contributed by atoms with E-state index in [1.54, 1.807) is 19.3 Å². The molecule has 0 bridgehead atoms. The van der Waals surface area contributed by atoms with Gasteiger partial charge in [-0.1, -0.05) is 0 Å². The monoisotopic (exact) mass is 249 g/mol. The molecule has 0 saturated carbocycles. The standard InChI is InChI=1S/C12H19N5O/c1-12(10(18)14-2)4-6-17(8-12)11-15-5-3-9(7-13)16-11/h3,5H,4,6-8,13H2,1-2H3,(H,14,18). The minimum absolute atomic E-state index is 0.0694. The molecular weight excluding hydrogens is 230 g/mol. The first kappa shape index (κ1) is 12.8. The maximum absolute atomic E-state index is 11.8. The number of nitrogens with two attached hydrogens (primary N) is 1. The minimum atomic E-state index is -0.364. The largest absolute Gasteiger partial charge is 0.359 e. The lowest BCUT2D eigenvalue weighted by Gasteiger charge is -2.22. The number of carbonyl (C=O) groups excluding carboxylic acids is 1. The van der Waals surface area contributed by atoms with Crippen molar-refractivity contribution in [1.82, 2.24) is 15.3 Å². The topological polar surface area (TPSA) is 84.1 Å². The van der Waals surface area contributed by atoms with Crippen LogP contribution in [0.2, 0.25) is 0 Å². The normalized spacial score (nSPS) is 23.2. The number of hydrogen-bond donors (Lipinski definition) is 2. The number of aromatic nitrogens is 2. The summed E-state index contributed by atoms with van der Waals surface area (Å²) in [6.45, 7) is 3.80. The highest BCUT2D eigenvalue weighted by molar-refractivity contribution is 5.83. The fraction of sp³-hybridized carbons (Fsp3) is 0.583. The van der Waals surface area contributed by atoms with Gasteiger partial charge in [-0.3, -0.25) is 4.79 Å². The first-order valence-electron chi connectivity index (χ1n) is 6.08. The molecule has 2 heterocycles. The van der Waals surface area contributed by atoms with Crippen LogP contribution in [0.25, 0.3) is 0 Å². The first-order valence-corrected chi connectivity index (χ1v) is 6.08. The summed E-state index contributed by atoms with van der Waals surface area (Å²) in [5.41, 5.74) is 6.02. The zero-order valence-corrected chi connectivity index (χ0v) is 10.8. The summed E-state index contributed by atoms with van der Waals surface area (Å²) < 4.78 is 0. The Hall–Kier alpha value is -1.69. The van der Waals surface area contributed by atoms with Crippen molar-refractivity contribution >= 4 is 11.9 Å². The van der Waals surface area contributed by atoms with Crippen molar-refractivity contribution in [3.05, 3.63) is 18.0 Å². The summed E-state index contributed by atoms with van der Waals surface area (Å²) in [5, 5.41) is 2.72. The zero-order chi connectivity index (χ0) is 13.2. The summed E-state index contributed by atoms with van der Waals surface area (Å²) in [7, 11) is 1.67. The number of anilines is 1. The summed E-state index contributed by atoms with van der Waals surface area (Å²) in [6, 6.07) is 1.80. The molecule has 6 nitrogen and oxygen atoms in total. The maximum atomic E-state index is 11.8. The number of rotatable bonds is 3. The van der Waals surface area contributed by atoms with Gasteiger partial charge in [0, 0.05) is 32.9 Å². The van der Waals surface area contributed by atoms with Gasteiger partial charge in [0.1, 0.15) is 0 Å². The van der Waals surface area contributed by atoms with Crippen LogP contribution in [-0.4, -0.2) is 36.0 Å². The van der Waals surface area contributed by atoms with E-state index in [-0.39, 0.29) is 11.3 Å². The molecule has 1 aliphatic rings. The van der Waals surface area contributed by atoms with E-state index in [1.807, 2.05) is 11.8 Å². The van der Waals surface area contributed by atoms with Gasteiger partial charge in [0.25, 0.3) is 0 Å². The molecule has 1 unspecified atom stereocenters. The lowest BCUT2D eigenvalue weighted by Crippen LogP contribution is -2.39. The van der Waals surface area contributed by atoms with Crippen LogP contribution in [0.1, 0.15) is 19.0 Å². The highest BCUT2D eigenvalue weighted by atomic mass is 16.2. The molecule has 0 aliphatic carbocycles. The molecule has 0 spiro atoms. The Morgan fingerprint density at radius 3 is 3.11 bits per heavy atom. The van der Waals surface area contributed by atoms with Gasteiger partial charge in [0.15, 0.2) is 0 Å². The number of nitrogens with one attached hydrogen (secondary N) is 1. The van der Waals surface area contributed by atoms with Crippen molar-refractivity contribution in [1.29, 1.82) is 0 Å². The van der Waals surface area contributed by atoms with E-state index in [9.17, 15) is 4.79 Å². The van der Waals surface area contributed by atoms with Crippen LogP contribution in [0.3, 0.4) is 0 Å². The lowest BCUT2D eigenvalue weighted by atomic mass is 9.89. The maximum Gasteiger partial charge on any atom is 0.227 e. The van der Waals surface area contributed by atoms with E-state index < -0.39 is 0 Å². The smallest absolute Gasteiger partial charge is 0.227 e. The zero-order valence-electron chi connectivity index (χ0n) is 10.8. The van der Waals surface area contributed by atoms with E-state index in [0.717, 1.165) is 18.7 Å². The van der Waals surface area contributed by atoms with E-state index in [4.69, 9.17) is 5.73 Å². The van der Waals surface area contributed by atoms with Crippen LogP contribution < -0.4 is 16.0 Å². The predicted molar refractivity (Wildman–Crippen MR) is 68.9 cm³/mol. The van der Waals surface area contributed by atoms with Crippen molar-refractivity contribution < 1.29 is 4.79 Å². The van der Waals surface area contributed by atoms with Crippen LogP contribution in [0, 0.1) is 5.41 Å². The van der Waals surface area contributed by atoms with Crippen LogP contribution in [0.4, 0.5) is 5.95 Å². The molecule has 6 heteroatoms. The quantitative estimate of drug-likeness (QED) is 0.781. The molecule has 1 saturated heterocycles. The van der Waals surface area contributed by atoms with Crippen molar-refractivity contribution in [3.8, 4) is 0 Å². The molecule has 0 radical (unpaired) electrons. The Kier molecular flexibility index (Phi) is 3.47. The molecule has 98 valence electrons. The molecule has 1 aromatic heterocycles. The lowest BCUT2D eigenvalue weighted by molar-refractivity contribution is -0.128. The minimum Gasteiger partial charge on any atom is -0.359 e. The average molecular weight is 249 g/mol. The second-order valence-corrected chi connectivity index (χ2v) is 4.86. The molecule has 0 aromatic carbocycles. The van der Waals surface area contributed by atoms with E-state index in [1.165, 1.54) is 0 Å². The first-order chi connectivity index (χ1) is 8.59. The van der Waals surface area contributed by atoms with E-state index >= 15 is 0 Å². The van der Waals surface area contributed by atoms with Gasteiger partial charge in [0.2, 0.25) is 11.9 Å². The third-order valence-electron chi connectivity index (χ3n) is 3.44. The molecular formula is C12H19N5O. The summed E-state index contributed by atoms with van der Waals surface area (Å²) in [6.07, 6.45) is 2.52. The van der Waals surface area contributed by atoms with Gasteiger partial charge in [-0.15, -0.1) is 0 Å². The van der Waals surface area contributed by atoms with Gasteiger partial charge < -0.3 is 16.0 Å². The SMILES string of the molecule is CNC(=O)C1(C)CCN(c2nccc(CN)n2)C1. The molecule has 1 fully saturated rings. The number of hydrogen-bond acceptors (Lipinski definition) is 5. The Labute approximate surface area is 107 Å². The number of amides is 1. The summed E-state index contributed by atoms with van der Waals surface area (Å²) in [5.74, 6) is 0.727. The van der Waals surface area contributed by atoms with Crippen LogP contribution in [0.15, 0.2) is 12.3 Å². The van der Waals surface area contributed by atoms with Crippen molar-refractivity contribution in [2.24, 2.45) is 11.1 Å². The number of nitrogens with zero attached hydrogens (tertiary/aromatic N) is 3. The Bertz CT molecular complexity index is 450. The Morgan fingerprint density at radius 2 is 2.44 bits per heavy atom. The predicted octanol–water partition coefficient (Wildman–Crippen LogP) is -0.102. The van der Waals surface area contributed by atoms with Crippen LogP contribution in [0.5, 0.6) is 0 Å². The number of carbonyl (C=O) groups is 1. The second-order valence-electron chi connectivity index (χ2n) is 4.86. The van der Waals surface area contributed by atoms with Crippen LogP contribution >= 0.6 is 0 Å². The third kappa shape index (κ3) is 2.28. The Balaban J connectivity index is 2.15. The highest BCUT2D eigenvalue weighted by Gasteiger charge is 2.40. The van der Waals surface area contributed by atoms with Crippen molar-refractivity contribution in [2.75, 3.05) is 25.0 Å². The fourth-order valence-corrected chi connectivity index (χ4v) is 2.27. The van der Waals surface area contributed by atoms with Crippen molar-refractivity contribution in [3.63, 3.8) is 0 Å². The van der Waals surface area contributed by atoms with Gasteiger partial charge in [-0.05, 0) is 19.4 Å². The molecule has 3 N–H and O–H groups in total. The highest BCUT2D eigenvalue weighted by Crippen LogP contribution is 2.31. The van der Waals surface area contributed by atoms with Crippen LogP contribution in [-0.2, 0) is 11.3 Å². The Morgan fingerprint density at radius 1 is 1.67 bits per heavy atom. The van der Waals surface area contributed by atoms with E-state index in [2.05, 4.69) is 15.3 Å². The van der Waals surface area contributed by atoms with Gasteiger partial charge >= 0.3 is 0 Å². The van der Waals surface area contributed by atoms with Gasteiger partial charge in [0.05, 0.1) is 11.1 Å². The second kappa shape index (κ2) is 4.89. The van der Waals surface area contributed by atoms with E-state index in [0.29, 0.717) is 19.0 Å². The third-order valence-corrected chi connectivity index (χ3v) is 3.44. The molecule has 18 heavy (non-hydrogen) atoms. The van der Waals surface area contributed by atoms with Crippen molar-refractivity contribution in [2.45, 2.75) is 19.9 Å². The summed E-state index contributed by atoms with van der Waals surface area (Å²) >= 11 is 0. The van der Waals surface area contributed by atoms with Gasteiger partial charge in [-0.25, -0.2) is 9.97 Å². The van der Waals surface area contributed by atoms with Gasteiger partial charge in [-0.2, -0.15) is 0 Å². The molecule has 1 aromatic rings. The summed E-state index contributed by atoms with van der Waals surface area (Å²) in [4.78, 5) is 22.5. The molecule has 1 atom stereocenters. The molecule has 1 aliphatic heterocycles. The molecule has 1 amide bonds.